The summed E-state index contributed by atoms with van der Waals surface area (Å²) in [6.45, 7) is 6.09. The third kappa shape index (κ3) is 2.68. The summed E-state index contributed by atoms with van der Waals surface area (Å²) in [6, 6.07) is 7.86. The van der Waals surface area contributed by atoms with Gasteiger partial charge in [0.05, 0.1) is 5.41 Å². The van der Waals surface area contributed by atoms with Crippen molar-refractivity contribution in [2.75, 3.05) is 0 Å². The quantitative estimate of drug-likeness (QED) is 0.810. The Morgan fingerprint density at radius 2 is 1.71 bits per heavy atom. The van der Waals surface area contributed by atoms with Crippen molar-refractivity contribution in [3.63, 3.8) is 0 Å². The minimum atomic E-state index is -0.700. The smallest absolute Gasteiger partial charge is 0.314 e. The SMILES string of the molecule is CCCC(CCC)(C(=O)O)c1ccccc1C. The lowest BCUT2D eigenvalue weighted by Gasteiger charge is -2.31. The molecule has 0 atom stereocenters. The molecule has 0 saturated carbocycles. The van der Waals surface area contributed by atoms with Gasteiger partial charge in [0.2, 0.25) is 0 Å². The van der Waals surface area contributed by atoms with Crippen LogP contribution in [0.2, 0.25) is 0 Å². The highest BCUT2D eigenvalue weighted by molar-refractivity contribution is 5.81. The number of aryl methyl sites for hydroxylation is 1. The van der Waals surface area contributed by atoms with Crippen LogP contribution in [0.25, 0.3) is 0 Å². The molecule has 0 spiro atoms. The second-order valence-corrected chi connectivity index (χ2v) is 4.70. The minimum Gasteiger partial charge on any atom is -0.481 e. The molecule has 1 N–H and O–H groups in total. The number of rotatable bonds is 6. The summed E-state index contributed by atoms with van der Waals surface area (Å²) in [7, 11) is 0. The third-order valence-corrected chi connectivity index (χ3v) is 3.42. The number of carboxylic acids is 1. The molecule has 0 radical (unpaired) electrons. The molecule has 1 aromatic rings. The summed E-state index contributed by atoms with van der Waals surface area (Å²) in [5.74, 6) is -0.685. The van der Waals surface area contributed by atoms with E-state index in [-0.39, 0.29) is 0 Å². The van der Waals surface area contributed by atoms with Gasteiger partial charge in [-0.25, -0.2) is 0 Å². The molecule has 0 aromatic heterocycles. The number of carboxylic acid groups (broad SMARTS) is 1. The first kappa shape index (κ1) is 13.8. The van der Waals surface area contributed by atoms with Crippen LogP contribution in [-0.4, -0.2) is 11.1 Å². The highest BCUT2D eigenvalue weighted by atomic mass is 16.4. The van der Waals surface area contributed by atoms with Crippen LogP contribution >= 0.6 is 0 Å². The van der Waals surface area contributed by atoms with Gasteiger partial charge in [0, 0.05) is 0 Å². The Bertz CT molecular complexity index is 376. The van der Waals surface area contributed by atoms with E-state index in [4.69, 9.17) is 0 Å². The molecule has 1 aromatic carbocycles. The van der Waals surface area contributed by atoms with E-state index in [1.54, 1.807) is 0 Å². The molecule has 2 heteroatoms. The number of carbonyl (C=O) groups is 1. The van der Waals surface area contributed by atoms with E-state index in [1.807, 2.05) is 45.0 Å². The summed E-state index contributed by atoms with van der Waals surface area (Å²) in [5, 5.41) is 9.66. The van der Waals surface area contributed by atoms with Gasteiger partial charge in [0.25, 0.3) is 0 Å². The van der Waals surface area contributed by atoms with E-state index in [0.29, 0.717) is 12.8 Å². The van der Waals surface area contributed by atoms with Crippen molar-refractivity contribution in [1.82, 2.24) is 0 Å². The Morgan fingerprint density at radius 1 is 1.18 bits per heavy atom. The van der Waals surface area contributed by atoms with Crippen LogP contribution in [0, 0.1) is 6.92 Å². The standard InChI is InChI=1S/C15H22O2/c1-4-10-15(11-5-2,14(16)17)13-9-7-6-8-12(13)3/h6-9H,4-5,10-11H2,1-3H3,(H,16,17). The molecule has 0 aliphatic heterocycles. The monoisotopic (exact) mass is 234 g/mol. The zero-order chi connectivity index (χ0) is 12.9. The van der Waals surface area contributed by atoms with Gasteiger partial charge in [-0.2, -0.15) is 0 Å². The summed E-state index contributed by atoms with van der Waals surface area (Å²) in [5.41, 5.74) is 1.36. The summed E-state index contributed by atoms with van der Waals surface area (Å²) >= 11 is 0. The second kappa shape index (κ2) is 5.85. The van der Waals surface area contributed by atoms with E-state index in [9.17, 15) is 9.90 Å². The maximum absolute atomic E-state index is 11.8. The van der Waals surface area contributed by atoms with Gasteiger partial charge in [0.1, 0.15) is 0 Å². The van der Waals surface area contributed by atoms with Gasteiger partial charge in [-0.3, -0.25) is 4.79 Å². The van der Waals surface area contributed by atoms with Crippen molar-refractivity contribution in [3.05, 3.63) is 35.4 Å². The maximum Gasteiger partial charge on any atom is 0.314 e. The highest BCUT2D eigenvalue weighted by Gasteiger charge is 2.39. The molecule has 0 aliphatic carbocycles. The molecule has 1 rings (SSSR count). The highest BCUT2D eigenvalue weighted by Crippen LogP contribution is 2.36. The van der Waals surface area contributed by atoms with Gasteiger partial charge in [0.15, 0.2) is 0 Å². The molecular weight excluding hydrogens is 212 g/mol. The second-order valence-electron chi connectivity index (χ2n) is 4.70. The molecular formula is C15H22O2. The van der Waals surface area contributed by atoms with Gasteiger partial charge < -0.3 is 5.11 Å². The molecule has 0 amide bonds. The maximum atomic E-state index is 11.8. The van der Waals surface area contributed by atoms with Gasteiger partial charge in [-0.15, -0.1) is 0 Å². The molecule has 17 heavy (non-hydrogen) atoms. The van der Waals surface area contributed by atoms with Crippen molar-refractivity contribution in [2.45, 2.75) is 51.9 Å². The molecule has 0 unspecified atom stereocenters. The van der Waals surface area contributed by atoms with Crippen molar-refractivity contribution in [1.29, 1.82) is 0 Å². The molecule has 0 saturated heterocycles. The lowest BCUT2D eigenvalue weighted by Crippen LogP contribution is -2.36. The van der Waals surface area contributed by atoms with Crippen molar-refractivity contribution in [2.24, 2.45) is 0 Å². The molecule has 94 valence electrons. The zero-order valence-electron chi connectivity index (χ0n) is 11.0. The number of hydrogen-bond donors (Lipinski definition) is 1. The Balaban J connectivity index is 3.30. The predicted molar refractivity (Wildman–Crippen MR) is 70.3 cm³/mol. The molecule has 0 fully saturated rings. The average Bonchev–Trinajstić information content (AvgIpc) is 2.29. The average molecular weight is 234 g/mol. The fourth-order valence-corrected chi connectivity index (χ4v) is 2.69. The number of aliphatic carboxylic acids is 1. The van der Waals surface area contributed by atoms with Crippen LogP contribution in [0.1, 0.15) is 50.7 Å². The van der Waals surface area contributed by atoms with Crippen LogP contribution in [0.3, 0.4) is 0 Å². The third-order valence-electron chi connectivity index (χ3n) is 3.42. The lowest BCUT2D eigenvalue weighted by molar-refractivity contribution is -0.144. The zero-order valence-corrected chi connectivity index (χ0v) is 11.0. The van der Waals surface area contributed by atoms with Crippen LogP contribution in [0.4, 0.5) is 0 Å². The molecule has 0 heterocycles. The Kier molecular flexibility index (Phi) is 4.73. The van der Waals surface area contributed by atoms with Gasteiger partial charge in [-0.1, -0.05) is 51.0 Å². The normalized spacial score (nSPS) is 11.5. The Morgan fingerprint density at radius 3 is 2.12 bits per heavy atom. The Hall–Kier alpha value is -1.31. The van der Waals surface area contributed by atoms with Crippen molar-refractivity contribution < 1.29 is 9.90 Å². The van der Waals surface area contributed by atoms with Crippen LogP contribution in [0.5, 0.6) is 0 Å². The summed E-state index contributed by atoms with van der Waals surface area (Å²) in [4.78, 5) is 11.8. The van der Waals surface area contributed by atoms with E-state index in [0.717, 1.165) is 24.0 Å². The van der Waals surface area contributed by atoms with Gasteiger partial charge >= 0.3 is 5.97 Å². The van der Waals surface area contributed by atoms with Crippen molar-refractivity contribution in [3.8, 4) is 0 Å². The van der Waals surface area contributed by atoms with E-state index in [2.05, 4.69) is 0 Å². The summed E-state index contributed by atoms with van der Waals surface area (Å²) in [6.07, 6.45) is 3.20. The fourth-order valence-electron chi connectivity index (χ4n) is 2.69. The molecule has 0 aliphatic rings. The first-order valence-electron chi connectivity index (χ1n) is 6.38. The van der Waals surface area contributed by atoms with E-state index in [1.165, 1.54) is 0 Å². The topological polar surface area (TPSA) is 37.3 Å². The van der Waals surface area contributed by atoms with Crippen LogP contribution in [-0.2, 0) is 10.2 Å². The fraction of sp³-hybridized carbons (Fsp3) is 0.533. The lowest BCUT2D eigenvalue weighted by atomic mass is 9.72. The van der Waals surface area contributed by atoms with E-state index >= 15 is 0 Å². The molecule has 2 nitrogen and oxygen atoms in total. The minimum absolute atomic E-state index is 0.685. The van der Waals surface area contributed by atoms with Crippen LogP contribution in [0.15, 0.2) is 24.3 Å². The number of hydrogen-bond acceptors (Lipinski definition) is 1. The van der Waals surface area contributed by atoms with E-state index < -0.39 is 11.4 Å². The number of benzene rings is 1. The largest absolute Gasteiger partial charge is 0.481 e. The van der Waals surface area contributed by atoms with Crippen LogP contribution < -0.4 is 0 Å². The summed E-state index contributed by atoms with van der Waals surface area (Å²) < 4.78 is 0. The molecule has 0 bridgehead atoms. The van der Waals surface area contributed by atoms with Gasteiger partial charge in [-0.05, 0) is 30.9 Å². The first-order chi connectivity index (χ1) is 8.08. The first-order valence-corrected chi connectivity index (χ1v) is 6.38. The predicted octanol–water partition coefficient (Wildman–Crippen LogP) is 3.92. The Labute approximate surface area is 104 Å². The van der Waals surface area contributed by atoms with Crippen molar-refractivity contribution >= 4 is 5.97 Å².